The number of thioether (sulfide) groups is 1. The van der Waals surface area contributed by atoms with Gasteiger partial charge >= 0.3 is 0 Å². The summed E-state index contributed by atoms with van der Waals surface area (Å²) in [5, 5.41) is 11.7. The number of aryl methyl sites for hydroxylation is 1. The van der Waals surface area contributed by atoms with Crippen molar-refractivity contribution in [2.75, 3.05) is 18.2 Å². The first-order chi connectivity index (χ1) is 15.1. The van der Waals surface area contributed by atoms with Crippen LogP contribution in [0.1, 0.15) is 30.8 Å². The molecule has 4 rings (SSSR count). The summed E-state index contributed by atoms with van der Waals surface area (Å²) in [6.45, 7) is 2.30. The first-order valence-corrected chi connectivity index (χ1v) is 11.1. The number of carbonyl (C=O) groups is 1. The molecule has 1 aliphatic heterocycles. The highest BCUT2D eigenvalue weighted by Gasteiger charge is 2.28. The Hall–Kier alpha value is -3.20. The molecule has 0 bridgehead atoms. The number of hydrogen-bond acceptors (Lipinski definition) is 7. The third-order valence-corrected chi connectivity index (χ3v) is 5.88. The Morgan fingerprint density at radius 3 is 2.74 bits per heavy atom. The molecule has 0 radical (unpaired) electrons. The Labute approximate surface area is 185 Å². The molecule has 162 valence electrons. The normalized spacial score (nSPS) is 16.0. The molecule has 1 aromatic heterocycles. The van der Waals surface area contributed by atoms with Crippen LogP contribution < -0.4 is 20.6 Å². The van der Waals surface area contributed by atoms with E-state index in [0.717, 1.165) is 12.8 Å². The SMILES string of the molecule is CC(CCc1ccccc1)NC(=O)CSc1nnc(C2COc3ccccc3O2)n1N. The van der Waals surface area contributed by atoms with E-state index in [-0.39, 0.29) is 24.3 Å². The van der Waals surface area contributed by atoms with E-state index in [1.54, 1.807) is 0 Å². The number of fused-ring (bicyclic) bond motifs is 1. The van der Waals surface area contributed by atoms with E-state index in [4.69, 9.17) is 15.3 Å². The Kier molecular flexibility index (Phi) is 6.61. The highest BCUT2D eigenvalue weighted by atomic mass is 32.2. The van der Waals surface area contributed by atoms with Gasteiger partial charge in [0.15, 0.2) is 23.4 Å². The average Bonchev–Trinajstić information content (AvgIpc) is 3.17. The largest absolute Gasteiger partial charge is 0.485 e. The summed E-state index contributed by atoms with van der Waals surface area (Å²) in [7, 11) is 0. The topological polar surface area (TPSA) is 104 Å². The molecule has 3 N–H and O–H groups in total. The fraction of sp³-hybridized carbons (Fsp3) is 0.318. The van der Waals surface area contributed by atoms with Crippen molar-refractivity contribution in [1.82, 2.24) is 20.2 Å². The number of amides is 1. The second-order valence-corrected chi connectivity index (χ2v) is 8.30. The van der Waals surface area contributed by atoms with Crippen molar-refractivity contribution < 1.29 is 14.3 Å². The molecule has 0 saturated heterocycles. The number of nitrogens with one attached hydrogen (secondary N) is 1. The molecule has 2 heterocycles. The summed E-state index contributed by atoms with van der Waals surface area (Å²) in [5.41, 5.74) is 1.26. The Morgan fingerprint density at radius 2 is 1.94 bits per heavy atom. The van der Waals surface area contributed by atoms with Crippen LogP contribution in [0.15, 0.2) is 59.8 Å². The Bertz CT molecular complexity index is 1030. The number of para-hydroxylation sites is 2. The molecule has 3 aromatic rings. The van der Waals surface area contributed by atoms with Crippen LogP contribution in [0.5, 0.6) is 11.5 Å². The van der Waals surface area contributed by atoms with Crippen molar-refractivity contribution in [2.45, 2.75) is 37.1 Å². The minimum atomic E-state index is -0.464. The molecule has 0 spiro atoms. The smallest absolute Gasteiger partial charge is 0.230 e. The number of hydrogen-bond donors (Lipinski definition) is 2. The van der Waals surface area contributed by atoms with Crippen LogP contribution in [0, 0.1) is 0 Å². The molecule has 0 saturated carbocycles. The van der Waals surface area contributed by atoms with Gasteiger partial charge in [0.1, 0.15) is 6.61 Å². The van der Waals surface area contributed by atoms with E-state index in [9.17, 15) is 4.79 Å². The maximum Gasteiger partial charge on any atom is 0.230 e. The number of ether oxygens (including phenoxy) is 2. The molecular weight excluding hydrogens is 414 g/mol. The van der Waals surface area contributed by atoms with E-state index in [1.807, 2.05) is 49.4 Å². The van der Waals surface area contributed by atoms with Crippen LogP contribution in [0.25, 0.3) is 0 Å². The zero-order chi connectivity index (χ0) is 21.6. The van der Waals surface area contributed by atoms with E-state index in [1.165, 1.54) is 22.0 Å². The Balaban J connectivity index is 1.26. The molecular formula is C22H25N5O3S. The standard InChI is InChI=1S/C22H25N5O3S/c1-15(11-12-16-7-3-2-4-8-16)24-20(28)14-31-22-26-25-21(27(22)23)19-13-29-17-9-5-6-10-18(17)30-19/h2-10,15,19H,11-14,23H2,1H3,(H,24,28). The minimum absolute atomic E-state index is 0.0683. The van der Waals surface area contributed by atoms with Crippen LogP contribution in [0.3, 0.4) is 0 Å². The predicted octanol–water partition coefficient (Wildman–Crippen LogP) is 2.73. The third-order valence-electron chi connectivity index (χ3n) is 4.94. The maximum absolute atomic E-state index is 12.3. The van der Waals surface area contributed by atoms with Crippen LogP contribution in [0.4, 0.5) is 0 Å². The van der Waals surface area contributed by atoms with Gasteiger partial charge in [0, 0.05) is 6.04 Å². The van der Waals surface area contributed by atoms with E-state index in [0.29, 0.717) is 22.5 Å². The summed E-state index contributed by atoms with van der Waals surface area (Å²) in [6.07, 6.45) is 1.33. The zero-order valence-electron chi connectivity index (χ0n) is 17.2. The fourth-order valence-corrected chi connectivity index (χ4v) is 3.97. The van der Waals surface area contributed by atoms with Gasteiger partial charge < -0.3 is 20.6 Å². The maximum atomic E-state index is 12.3. The van der Waals surface area contributed by atoms with Gasteiger partial charge in [-0.25, -0.2) is 4.68 Å². The zero-order valence-corrected chi connectivity index (χ0v) is 18.0. The molecule has 2 aromatic carbocycles. The molecule has 1 amide bonds. The highest BCUT2D eigenvalue weighted by Crippen LogP contribution is 2.35. The number of benzene rings is 2. The number of nitrogen functional groups attached to an aromatic ring is 1. The van der Waals surface area contributed by atoms with E-state index in [2.05, 4.69) is 27.6 Å². The lowest BCUT2D eigenvalue weighted by atomic mass is 10.1. The molecule has 1 aliphatic rings. The van der Waals surface area contributed by atoms with Gasteiger partial charge in [0.2, 0.25) is 11.1 Å². The molecule has 2 atom stereocenters. The summed E-state index contributed by atoms with van der Waals surface area (Å²) < 4.78 is 13.0. The highest BCUT2D eigenvalue weighted by molar-refractivity contribution is 7.99. The number of nitrogens with two attached hydrogens (primary N) is 1. The quantitative estimate of drug-likeness (QED) is 0.411. The van der Waals surface area contributed by atoms with Gasteiger partial charge in [-0.15, -0.1) is 10.2 Å². The van der Waals surface area contributed by atoms with Gasteiger partial charge in [-0.1, -0.05) is 54.2 Å². The van der Waals surface area contributed by atoms with Crippen molar-refractivity contribution in [1.29, 1.82) is 0 Å². The van der Waals surface area contributed by atoms with Crippen LogP contribution in [0.2, 0.25) is 0 Å². The second kappa shape index (κ2) is 9.74. The number of aromatic nitrogens is 3. The lowest BCUT2D eigenvalue weighted by Gasteiger charge is -2.25. The Morgan fingerprint density at radius 1 is 1.19 bits per heavy atom. The van der Waals surface area contributed by atoms with E-state index >= 15 is 0 Å². The lowest BCUT2D eigenvalue weighted by molar-refractivity contribution is -0.119. The summed E-state index contributed by atoms with van der Waals surface area (Å²) in [5.74, 6) is 8.07. The third kappa shape index (κ3) is 5.29. The molecule has 31 heavy (non-hydrogen) atoms. The summed E-state index contributed by atoms with van der Waals surface area (Å²) in [4.78, 5) is 12.3. The van der Waals surface area contributed by atoms with Gasteiger partial charge in [-0.3, -0.25) is 4.79 Å². The molecule has 2 unspecified atom stereocenters. The van der Waals surface area contributed by atoms with Crippen molar-refractivity contribution in [3.05, 3.63) is 66.0 Å². The molecule has 8 nitrogen and oxygen atoms in total. The lowest BCUT2D eigenvalue weighted by Crippen LogP contribution is -2.34. The minimum Gasteiger partial charge on any atom is -0.485 e. The van der Waals surface area contributed by atoms with Crippen LogP contribution in [-0.4, -0.2) is 39.2 Å². The predicted molar refractivity (Wildman–Crippen MR) is 119 cm³/mol. The van der Waals surface area contributed by atoms with Crippen LogP contribution >= 0.6 is 11.8 Å². The van der Waals surface area contributed by atoms with Gasteiger partial charge in [0.05, 0.1) is 5.75 Å². The molecule has 0 fully saturated rings. The number of nitrogens with zero attached hydrogens (tertiary/aromatic N) is 3. The monoisotopic (exact) mass is 439 g/mol. The van der Waals surface area contributed by atoms with Gasteiger partial charge in [-0.05, 0) is 37.5 Å². The summed E-state index contributed by atoms with van der Waals surface area (Å²) >= 11 is 1.24. The van der Waals surface area contributed by atoms with Crippen molar-refractivity contribution in [3.8, 4) is 11.5 Å². The van der Waals surface area contributed by atoms with Gasteiger partial charge in [-0.2, -0.15) is 0 Å². The fourth-order valence-electron chi connectivity index (χ4n) is 3.30. The first-order valence-electron chi connectivity index (χ1n) is 10.1. The first kappa shape index (κ1) is 21.0. The van der Waals surface area contributed by atoms with Gasteiger partial charge in [0.25, 0.3) is 0 Å². The van der Waals surface area contributed by atoms with E-state index < -0.39 is 6.10 Å². The van der Waals surface area contributed by atoms with Crippen molar-refractivity contribution in [2.24, 2.45) is 0 Å². The number of rotatable bonds is 8. The van der Waals surface area contributed by atoms with Crippen LogP contribution in [-0.2, 0) is 11.2 Å². The number of carbonyl (C=O) groups excluding carboxylic acids is 1. The molecule has 0 aliphatic carbocycles. The second-order valence-electron chi connectivity index (χ2n) is 7.36. The van der Waals surface area contributed by atoms with Crippen molar-refractivity contribution in [3.63, 3.8) is 0 Å². The van der Waals surface area contributed by atoms with Crippen molar-refractivity contribution >= 4 is 17.7 Å². The summed E-state index contributed by atoms with van der Waals surface area (Å²) in [6, 6.07) is 17.7. The molecule has 9 heteroatoms. The average molecular weight is 440 g/mol.